The molecule has 0 radical (unpaired) electrons. The standard InChI is InChI=1S/C15H19NO4S/c1-12(15(18)16-9-10-19-2)20-14(17)8-11-21-13-6-4-3-5-7-13/h3-8,11-12H,9-10H2,1-2H3,(H,16,18)/b11-8+/t12-/m0/s1. The highest BCUT2D eigenvalue weighted by molar-refractivity contribution is 8.02. The quantitative estimate of drug-likeness (QED) is 0.344. The van der Waals surface area contributed by atoms with Crippen LogP contribution < -0.4 is 5.32 Å². The van der Waals surface area contributed by atoms with Crippen LogP contribution in [0.5, 0.6) is 0 Å². The Balaban J connectivity index is 2.30. The molecule has 0 unspecified atom stereocenters. The number of thioether (sulfide) groups is 1. The van der Waals surface area contributed by atoms with Crippen molar-refractivity contribution in [3.05, 3.63) is 41.8 Å². The summed E-state index contributed by atoms with van der Waals surface area (Å²) in [4.78, 5) is 24.1. The van der Waals surface area contributed by atoms with Gasteiger partial charge in [-0.2, -0.15) is 0 Å². The first-order valence-corrected chi connectivity index (χ1v) is 7.37. The maximum atomic E-state index is 11.6. The van der Waals surface area contributed by atoms with E-state index in [1.807, 2.05) is 30.3 Å². The second-order valence-electron chi connectivity index (χ2n) is 4.10. The summed E-state index contributed by atoms with van der Waals surface area (Å²) in [6, 6.07) is 9.63. The second-order valence-corrected chi connectivity index (χ2v) is 5.08. The number of esters is 1. The molecule has 0 fully saturated rings. The lowest BCUT2D eigenvalue weighted by Crippen LogP contribution is -2.37. The third kappa shape index (κ3) is 7.53. The number of carbonyl (C=O) groups excluding carboxylic acids is 2. The van der Waals surface area contributed by atoms with E-state index in [1.165, 1.54) is 24.8 Å². The summed E-state index contributed by atoms with van der Waals surface area (Å²) >= 11 is 1.40. The van der Waals surface area contributed by atoms with Crippen LogP contribution in [0.15, 0.2) is 46.7 Å². The van der Waals surface area contributed by atoms with Crippen molar-refractivity contribution in [1.82, 2.24) is 5.32 Å². The normalized spacial score (nSPS) is 12.1. The van der Waals surface area contributed by atoms with E-state index in [-0.39, 0.29) is 5.91 Å². The zero-order valence-electron chi connectivity index (χ0n) is 12.1. The summed E-state index contributed by atoms with van der Waals surface area (Å²) < 4.78 is 9.80. The van der Waals surface area contributed by atoms with Crippen LogP contribution in [0.1, 0.15) is 6.92 Å². The van der Waals surface area contributed by atoms with Crippen molar-refractivity contribution >= 4 is 23.6 Å². The minimum absolute atomic E-state index is 0.343. The molecular formula is C15H19NO4S. The molecule has 0 saturated carbocycles. The molecule has 1 aromatic carbocycles. The Morgan fingerprint density at radius 1 is 1.33 bits per heavy atom. The average Bonchev–Trinajstić information content (AvgIpc) is 2.48. The van der Waals surface area contributed by atoms with Crippen LogP contribution in [0.4, 0.5) is 0 Å². The van der Waals surface area contributed by atoms with Crippen LogP contribution in [0.25, 0.3) is 0 Å². The monoisotopic (exact) mass is 309 g/mol. The zero-order chi connectivity index (χ0) is 15.5. The maximum Gasteiger partial charge on any atom is 0.332 e. The molecule has 0 aliphatic heterocycles. The Morgan fingerprint density at radius 3 is 2.71 bits per heavy atom. The van der Waals surface area contributed by atoms with E-state index < -0.39 is 12.1 Å². The van der Waals surface area contributed by atoms with Gasteiger partial charge in [0.2, 0.25) is 0 Å². The molecule has 1 amide bonds. The molecule has 0 aliphatic carbocycles. The van der Waals surface area contributed by atoms with Gasteiger partial charge in [-0.3, -0.25) is 4.79 Å². The highest BCUT2D eigenvalue weighted by Gasteiger charge is 2.15. The van der Waals surface area contributed by atoms with Crippen molar-refractivity contribution in [3.63, 3.8) is 0 Å². The van der Waals surface area contributed by atoms with Crippen molar-refractivity contribution in [2.24, 2.45) is 0 Å². The first-order valence-electron chi connectivity index (χ1n) is 6.49. The molecular weight excluding hydrogens is 290 g/mol. The summed E-state index contributed by atoms with van der Waals surface area (Å²) in [5.74, 6) is -0.891. The highest BCUT2D eigenvalue weighted by Crippen LogP contribution is 2.17. The number of rotatable bonds is 8. The van der Waals surface area contributed by atoms with Crippen molar-refractivity contribution < 1.29 is 19.1 Å². The van der Waals surface area contributed by atoms with E-state index in [1.54, 1.807) is 12.5 Å². The fourth-order valence-electron chi connectivity index (χ4n) is 1.35. The molecule has 1 aromatic rings. The highest BCUT2D eigenvalue weighted by atomic mass is 32.2. The van der Waals surface area contributed by atoms with Crippen LogP contribution >= 0.6 is 11.8 Å². The number of ether oxygens (including phenoxy) is 2. The maximum absolute atomic E-state index is 11.6. The van der Waals surface area contributed by atoms with E-state index in [9.17, 15) is 9.59 Å². The van der Waals surface area contributed by atoms with Crippen LogP contribution in [-0.4, -0.2) is 38.2 Å². The molecule has 0 heterocycles. The first kappa shape index (κ1) is 17.3. The number of hydrogen-bond donors (Lipinski definition) is 1. The fourth-order valence-corrected chi connectivity index (χ4v) is 2.00. The molecule has 6 heteroatoms. The number of methoxy groups -OCH3 is 1. The zero-order valence-corrected chi connectivity index (χ0v) is 12.9. The van der Waals surface area contributed by atoms with Gasteiger partial charge >= 0.3 is 5.97 Å². The minimum atomic E-state index is -0.833. The Kier molecular flexibility index (Phi) is 8.23. The summed E-state index contributed by atoms with van der Waals surface area (Å²) in [5, 5.41) is 4.23. The SMILES string of the molecule is COCCNC(=O)[C@H](C)OC(=O)/C=C/Sc1ccccc1. The van der Waals surface area contributed by atoms with E-state index in [0.29, 0.717) is 13.2 Å². The molecule has 0 spiro atoms. The predicted octanol–water partition coefficient (Wildman–Crippen LogP) is 1.99. The molecule has 1 N–H and O–H groups in total. The Hall–Kier alpha value is -1.79. The molecule has 0 aliphatic rings. The predicted molar refractivity (Wildman–Crippen MR) is 81.9 cm³/mol. The number of carbonyl (C=O) groups is 2. The Labute approximate surface area is 128 Å². The number of amides is 1. The molecule has 0 aromatic heterocycles. The van der Waals surface area contributed by atoms with Crippen molar-refractivity contribution in [3.8, 4) is 0 Å². The number of nitrogens with one attached hydrogen (secondary N) is 1. The topological polar surface area (TPSA) is 64.6 Å². The van der Waals surface area contributed by atoms with Gasteiger partial charge in [-0.05, 0) is 24.5 Å². The summed E-state index contributed by atoms with van der Waals surface area (Å²) in [5.41, 5.74) is 0. The largest absolute Gasteiger partial charge is 0.449 e. The van der Waals surface area contributed by atoms with Gasteiger partial charge in [-0.25, -0.2) is 4.79 Å². The van der Waals surface area contributed by atoms with Gasteiger partial charge in [0.15, 0.2) is 6.10 Å². The van der Waals surface area contributed by atoms with Gasteiger partial charge in [0.25, 0.3) is 5.91 Å². The molecule has 0 saturated heterocycles. The third-order valence-electron chi connectivity index (χ3n) is 2.42. The van der Waals surface area contributed by atoms with Gasteiger partial charge < -0.3 is 14.8 Å². The van der Waals surface area contributed by atoms with Crippen molar-refractivity contribution in [2.45, 2.75) is 17.9 Å². The molecule has 1 atom stereocenters. The van der Waals surface area contributed by atoms with E-state index in [0.717, 1.165) is 4.90 Å². The summed E-state index contributed by atoms with van der Waals surface area (Å²) in [6.45, 7) is 2.33. The fraction of sp³-hybridized carbons (Fsp3) is 0.333. The lowest BCUT2D eigenvalue weighted by Gasteiger charge is -2.11. The average molecular weight is 309 g/mol. The summed E-state index contributed by atoms with van der Waals surface area (Å²) in [7, 11) is 1.55. The van der Waals surface area contributed by atoms with E-state index in [4.69, 9.17) is 9.47 Å². The summed E-state index contributed by atoms with van der Waals surface area (Å²) in [6.07, 6.45) is 0.470. The smallest absolute Gasteiger partial charge is 0.332 e. The second kappa shape index (κ2) is 10.0. The van der Waals surface area contributed by atoms with Gasteiger partial charge in [-0.1, -0.05) is 30.0 Å². The van der Waals surface area contributed by atoms with E-state index in [2.05, 4.69) is 5.32 Å². The Morgan fingerprint density at radius 2 is 2.05 bits per heavy atom. The Bertz CT molecular complexity index is 476. The van der Waals surface area contributed by atoms with Gasteiger partial charge in [-0.15, -0.1) is 0 Å². The minimum Gasteiger partial charge on any atom is -0.449 e. The number of hydrogen-bond acceptors (Lipinski definition) is 5. The number of benzene rings is 1. The van der Waals surface area contributed by atoms with E-state index >= 15 is 0 Å². The molecule has 1 rings (SSSR count). The molecule has 21 heavy (non-hydrogen) atoms. The molecule has 5 nitrogen and oxygen atoms in total. The third-order valence-corrected chi connectivity index (χ3v) is 3.24. The van der Waals surface area contributed by atoms with Gasteiger partial charge in [0.05, 0.1) is 6.61 Å². The molecule has 114 valence electrons. The first-order chi connectivity index (χ1) is 10.1. The van der Waals surface area contributed by atoms with Crippen LogP contribution in [0, 0.1) is 0 Å². The van der Waals surface area contributed by atoms with Crippen molar-refractivity contribution in [2.75, 3.05) is 20.3 Å². The van der Waals surface area contributed by atoms with Crippen LogP contribution in [-0.2, 0) is 19.1 Å². The van der Waals surface area contributed by atoms with Gasteiger partial charge in [0.1, 0.15) is 0 Å². The van der Waals surface area contributed by atoms with Crippen molar-refractivity contribution in [1.29, 1.82) is 0 Å². The van der Waals surface area contributed by atoms with Gasteiger partial charge in [0, 0.05) is 24.6 Å². The molecule has 0 bridgehead atoms. The van der Waals surface area contributed by atoms with Crippen LogP contribution in [0.3, 0.4) is 0 Å². The lowest BCUT2D eigenvalue weighted by atomic mass is 10.3. The lowest BCUT2D eigenvalue weighted by molar-refractivity contribution is -0.150. The van der Waals surface area contributed by atoms with Crippen LogP contribution in [0.2, 0.25) is 0 Å².